The minimum absolute atomic E-state index is 0.437. The molecule has 0 aliphatic rings. The maximum Gasteiger partial charge on any atom is 0.307 e. The van der Waals surface area contributed by atoms with Crippen molar-refractivity contribution >= 4 is 11.9 Å². The standard InChI is InChI=1S/C21H36O4/c1-3-4-5-6-7-8-9-10-11-12-13-14-15-16-17-19(21(24)25)18(2)20(22)23/h18-19H,3-9,12-17H2,1-2H3,(H,22,23)(H,24,25)/t18-,19+/m0/s1. The Morgan fingerprint density at radius 3 is 1.72 bits per heavy atom. The molecule has 0 saturated carbocycles. The van der Waals surface area contributed by atoms with Crippen molar-refractivity contribution < 1.29 is 19.8 Å². The van der Waals surface area contributed by atoms with E-state index in [1.54, 1.807) is 0 Å². The summed E-state index contributed by atoms with van der Waals surface area (Å²) in [5, 5.41) is 18.1. The van der Waals surface area contributed by atoms with E-state index in [0.717, 1.165) is 38.5 Å². The third-order valence-corrected chi connectivity index (χ3v) is 4.66. The molecule has 144 valence electrons. The summed E-state index contributed by atoms with van der Waals surface area (Å²) in [5.41, 5.74) is 0. The zero-order chi connectivity index (χ0) is 18.9. The molecular weight excluding hydrogens is 316 g/mol. The van der Waals surface area contributed by atoms with E-state index in [9.17, 15) is 9.59 Å². The van der Waals surface area contributed by atoms with E-state index in [-0.39, 0.29) is 0 Å². The Kier molecular flexibility index (Phi) is 15.0. The lowest BCUT2D eigenvalue weighted by Gasteiger charge is -2.16. The molecule has 0 unspecified atom stereocenters. The first-order valence-electron chi connectivity index (χ1n) is 9.92. The molecule has 0 aliphatic carbocycles. The van der Waals surface area contributed by atoms with Crippen molar-refractivity contribution in [3.8, 4) is 11.8 Å². The van der Waals surface area contributed by atoms with Gasteiger partial charge in [0.25, 0.3) is 0 Å². The molecule has 0 fully saturated rings. The molecule has 0 amide bonds. The van der Waals surface area contributed by atoms with Gasteiger partial charge >= 0.3 is 11.9 Å². The zero-order valence-corrected chi connectivity index (χ0v) is 16.1. The van der Waals surface area contributed by atoms with Gasteiger partial charge in [0.1, 0.15) is 0 Å². The number of carboxylic acid groups (broad SMARTS) is 2. The van der Waals surface area contributed by atoms with Crippen molar-refractivity contribution in [1.82, 2.24) is 0 Å². The normalized spacial score (nSPS) is 12.9. The van der Waals surface area contributed by atoms with Crippen molar-refractivity contribution in [2.45, 2.75) is 97.3 Å². The summed E-state index contributed by atoms with van der Waals surface area (Å²) >= 11 is 0. The van der Waals surface area contributed by atoms with Crippen LogP contribution in [0.25, 0.3) is 0 Å². The first-order chi connectivity index (χ1) is 12.0. The van der Waals surface area contributed by atoms with Gasteiger partial charge in [-0.15, -0.1) is 11.8 Å². The topological polar surface area (TPSA) is 74.6 Å². The second-order valence-corrected chi connectivity index (χ2v) is 6.90. The average molecular weight is 353 g/mol. The molecule has 2 N–H and O–H groups in total. The summed E-state index contributed by atoms with van der Waals surface area (Å²) in [6.07, 6.45) is 13.9. The van der Waals surface area contributed by atoms with Gasteiger partial charge in [0.2, 0.25) is 0 Å². The number of unbranched alkanes of at least 4 members (excludes halogenated alkanes) is 10. The highest BCUT2D eigenvalue weighted by Gasteiger charge is 2.29. The smallest absolute Gasteiger partial charge is 0.307 e. The number of rotatable bonds is 15. The van der Waals surface area contributed by atoms with Crippen LogP contribution in [0.2, 0.25) is 0 Å². The van der Waals surface area contributed by atoms with E-state index in [1.807, 2.05) is 0 Å². The van der Waals surface area contributed by atoms with Gasteiger partial charge in [-0.1, -0.05) is 65.2 Å². The Balaban J connectivity index is 3.59. The predicted octanol–water partition coefficient (Wildman–Crippen LogP) is 5.50. The Hall–Kier alpha value is -1.50. The molecule has 4 nitrogen and oxygen atoms in total. The van der Waals surface area contributed by atoms with Crippen LogP contribution in [0, 0.1) is 23.7 Å². The van der Waals surface area contributed by atoms with Gasteiger partial charge in [-0.05, 0) is 19.3 Å². The van der Waals surface area contributed by atoms with Crippen LogP contribution in [-0.4, -0.2) is 22.2 Å². The van der Waals surface area contributed by atoms with Gasteiger partial charge in [0.15, 0.2) is 0 Å². The lowest BCUT2D eigenvalue weighted by atomic mass is 9.89. The molecule has 4 heteroatoms. The highest BCUT2D eigenvalue weighted by molar-refractivity contribution is 5.79. The number of aliphatic carboxylic acids is 2. The molecule has 0 saturated heterocycles. The van der Waals surface area contributed by atoms with Crippen molar-refractivity contribution in [3.05, 3.63) is 0 Å². The third-order valence-electron chi connectivity index (χ3n) is 4.66. The number of hydrogen-bond donors (Lipinski definition) is 2. The highest BCUT2D eigenvalue weighted by atomic mass is 16.4. The summed E-state index contributed by atoms with van der Waals surface area (Å²) in [6, 6.07) is 0. The number of hydrogen-bond acceptors (Lipinski definition) is 2. The Bertz CT molecular complexity index is 419. The van der Waals surface area contributed by atoms with E-state index in [0.29, 0.717) is 6.42 Å². The van der Waals surface area contributed by atoms with Crippen LogP contribution in [0.3, 0.4) is 0 Å². The Morgan fingerprint density at radius 2 is 1.24 bits per heavy atom. The van der Waals surface area contributed by atoms with Crippen molar-refractivity contribution in [2.24, 2.45) is 11.8 Å². The van der Waals surface area contributed by atoms with E-state index in [4.69, 9.17) is 10.2 Å². The van der Waals surface area contributed by atoms with Crippen LogP contribution >= 0.6 is 0 Å². The zero-order valence-electron chi connectivity index (χ0n) is 16.1. The van der Waals surface area contributed by atoms with Crippen LogP contribution in [-0.2, 0) is 9.59 Å². The first-order valence-corrected chi connectivity index (χ1v) is 9.92. The molecule has 0 aromatic rings. The van der Waals surface area contributed by atoms with Crippen LogP contribution in [0.5, 0.6) is 0 Å². The predicted molar refractivity (Wildman–Crippen MR) is 101 cm³/mol. The summed E-state index contributed by atoms with van der Waals surface area (Å²) < 4.78 is 0. The lowest BCUT2D eigenvalue weighted by molar-refractivity contribution is -0.153. The van der Waals surface area contributed by atoms with Crippen molar-refractivity contribution in [2.75, 3.05) is 0 Å². The van der Waals surface area contributed by atoms with Crippen LogP contribution < -0.4 is 0 Å². The average Bonchev–Trinajstić information content (AvgIpc) is 2.57. The maximum atomic E-state index is 11.1. The molecule has 0 aromatic carbocycles. The lowest BCUT2D eigenvalue weighted by Crippen LogP contribution is -2.27. The quantitative estimate of drug-likeness (QED) is 0.301. The molecule has 2 atom stereocenters. The summed E-state index contributed by atoms with van der Waals surface area (Å²) in [7, 11) is 0. The van der Waals surface area contributed by atoms with Gasteiger partial charge in [-0.2, -0.15) is 0 Å². The molecular formula is C21H36O4. The van der Waals surface area contributed by atoms with Crippen molar-refractivity contribution in [3.63, 3.8) is 0 Å². The van der Waals surface area contributed by atoms with E-state index in [1.165, 1.54) is 45.4 Å². The van der Waals surface area contributed by atoms with E-state index in [2.05, 4.69) is 18.8 Å². The van der Waals surface area contributed by atoms with Crippen LogP contribution in [0.4, 0.5) is 0 Å². The Morgan fingerprint density at radius 1 is 0.760 bits per heavy atom. The molecule has 25 heavy (non-hydrogen) atoms. The van der Waals surface area contributed by atoms with Crippen LogP contribution in [0.1, 0.15) is 97.3 Å². The molecule has 0 aromatic heterocycles. The Labute approximate surface area is 153 Å². The first kappa shape index (κ1) is 23.5. The summed E-state index contributed by atoms with van der Waals surface area (Å²) in [6.45, 7) is 3.70. The van der Waals surface area contributed by atoms with Crippen molar-refractivity contribution in [1.29, 1.82) is 0 Å². The van der Waals surface area contributed by atoms with Gasteiger partial charge < -0.3 is 10.2 Å². The van der Waals surface area contributed by atoms with E-state index < -0.39 is 23.8 Å². The summed E-state index contributed by atoms with van der Waals surface area (Å²) in [5.74, 6) is 2.80. The van der Waals surface area contributed by atoms with Gasteiger partial charge in [0.05, 0.1) is 11.8 Å². The van der Waals surface area contributed by atoms with E-state index >= 15 is 0 Å². The second-order valence-electron chi connectivity index (χ2n) is 6.90. The van der Waals surface area contributed by atoms with Gasteiger partial charge in [-0.25, -0.2) is 0 Å². The molecule has 0 rings (SSSR count). The number of carboxylic acids is 2. The minimum atomic E-state index is -1.03. The maximum absolute atomic E-state index is 11.1. The van der Waals surface area contributed by atoms with Gasteiger partial charge in [-0.3, -0.25) is 9.59 Å². The minimum Gasteiger partial charge on any atom is -0.481 e. The van der Waals surface area contributed by atoms with Crippen LogP contribution in [0.15, 0.2) is 0 Å². The monoisotopic (exact) mass is 352 g/mol. The fraction of sp³-hybridized carbons (Fsp3) is 0.810. The number of carbonyl (C=O) groups is 2. The molecule has 0 heterocycles. The fourth-order valence-corrected chi connectivity index (χ4v) is 2.86. The molecule has 0 aliphatic heterocycles. The van der Waals surface area contributed by atoms with Gasteiger partial charge in [0, 0.05) is 12.8 Å². The second kappa shape index (κ2) is 16.0. The fourth-order valence-electron chi connectivity index (χ4n) is 2.86. The molecule has 0 bridgehead atoms. The summed E-state index contributed by atoms with van der Waals surface area (Å²) in [4.78, 5) is 22.0. The molecule has 0 spiro atoms. The SMILES string of the molecule is CCCCCCCCC#CCCCCCC[C@@H](C(=O)O)[C@H](C)C(=O)O. The largest absolute Gasteiger partial charge is 0.481 e. The molecule has 0 radical (unpaired) electrons. The third kappa shape index (κ3) is 13.5. The highest BCUT2D eigenvalue weighted by Crippen LogP contribution is 2.20.